The average molecular weight is 385 g/mol. The highest BCUT2D eigenvalue weighted by Gasteiger charge is 2.24. The number of aryl methyl sites for hydroxylation is 2. The van der Waals surface area contributed by atoms with E-state index in [-0.39, 0.29) is 5.91 Å². The number of quaternary nitrogens is 1. The molecule has 0 fully saturated rings. The van der Waals surface area contributed by atoms with Crippen LogP contribution in [0.3, 0.4) is 0 Å². The number of rotatable bonds is 6. The topological polar surface area (TPSA) is 46.9 Å². The maximum atomic E-state index is 13.4. The Balaban J connectivity index is 2.06. The minimum absolute atomic E-state index is 0.0814. The molecule has 0 aliphatic carbocycles. The van der Waals surface area contributed by atoms with E-state index in [1.165, 1.54) is 10.5 Å². The van der Waals surface area contributed by atoms with Gasteiger partial charge >= 0.3 is 0 Å². The van der Waals surface area contributed by atoms with Gasteiger partial charge in [0.2, 0.25) is 0 Å². The Labute approximate surface area is 164 Å². The van der Waals surface area contributed by atoms with Crippen molar-refractivity contribution in [1.82, 2.24) is 4.98 Å². The summed E-state index contributed by atoms with van der Waals surface area (Å²) in [7, 11) is 5.75. The van der Waals surface area contributed by atoms with Gasteiger partial charge in [0.1, 0.15) is 5.75 Å². The second kappa shape index (κ2) is 8.06. The summed E-state index contributed by atoms with van der Waals surface area (Å²) in [4.78, 5) is 21.3. The summed E-state index contributed by atoms with van der Waals surface area (Å²) >= 11 is 1.56. The smallest absolute Gasteiger partial charge is 0.264 e. The van der Waals surface area contributed by atoms with Crippen LogP contribution in [-0.4, -0.2) is 45.2 Å². The molecular formula is C21H26N3O2S+. The minimum Gasteiger partial charge on any atom is -0.496 e. The first-order chi connectivity index (χ1) is 12.9. The zero-order valence-electron chi connectivity index (χ0n) is 16.5. The van der Waals surface area contributed by atoms with Gasteiger partial charge in [0.05, 0.1) is 50.1 Å². The van der Waals surface area contributed by atoms with Crippen molar-refractivity contribution in [2.24, 2.45) is 0 Å². The van der Waals surface area contributed by atoms with Crippen LogP contribution in [0.15, 0.2) is 36.4 Å². The maximum Gasteiger partial charge on any atom is 0.264 e. The highest BCUT2D eigenvalue weighted by atomic mass is 32.1. The Kier molecular flexibility index (Phi) is 5.77. The number of nitrogens with zero attached hydrogens (tertiary/aromatic N) is 2. The van der Waals surface area contributed by atoms with Crippen LogP contribution in [0.2, 0.25) is 0 Å². The van der Waals surface area contributed by atoms with Crippen molar-refractivity contribution in [3.8, 4) is 5.75 Å². The molecular weight excluding hydrogens is 358 g/mol. The predicted molar refractivity (Wildman–Crippen MR) is 111 cm³/mol. The van der Waals surface area contributed by atoms with Crippen LogP contribution in [0.1, 0.15) is 21.5 Å². The number of amides is 1. The second-order valence-electron chi connectivity index (χ2n) is 6.96. The number of likely N-dealkylation sites (N-methyl/N-ethyl adjacent to an activating group) is 1. The predicted octanol–water partition coefficient (Wildman–Crippen LogP) is 2.71. The summed E-state index contributed by atoms with van der Waals surface area (Å²) in [5, 5.41) is 0.732. The molecule has 6 heteroatoms. The number of fused-ring (bicyclic) bond motifs is 1. The van der Waals surface area contributed by atoms with Crippen molar-refractivity contribution in [1.29, 1.82) is 0 Å². The van der Waals surface area contributed by atoms with Crippen LogP contribution in [0.25, 0.3) is 10.2 Å². The van der Waals surface area contributed by atoms with E-state index in [2.05, 4.69) is 40.1 Å². The number of aromatic nitrogens is 1. The normalized spacial score (nSPS) is 11.2. The van der Waals surface area contributed by atoms with Crippen LogP contribution in [0, 0.1) is 13.8 Å². The number of hydrogen-bond acceptors (Lipinski definition) is 4. The van der Waals surface area contributed by atoms with Crippen molar-refractivity contribution in [2.75, 3.05) is 39.2 Å². The highest BCUT2D eigenvalue weighted by molar-refractivity contribution is 7.22. The number of benzene rings is 2. The van der Waals surface area contributed by atoms with Crippen molar-refractivity contribution in [3.05, 3.63) is 53.1 Å². The summed E-state index contributed by atoms with van der Waals surface area (Å²) in [6, 6.07) is 11.5. The Morgan fingerprint density at radius 3 is 2.63 bits per heavy atom. The van der Waals surface area contributed by atoms with Crippen molar-refractivity contribution < 1.29 is 14.4 Å². The summed E-state index contributed by atoms with van der Waals surface area (Å²) in [5.74, 6) is 0.500. The first-order valence-electron chi connectivity index (χ1n) is 9.03. The third-order valence-electron chi connectivity index (χ3n) is 4.72. The third kappa shape index (κ3) is 3.96. The molecule has 0 saturated heterocycles. The molecule has 0 unspecified atom stereocenters. The largest absolute Gasteiger partial charge is 0.496 e. The molecule has 1 heterocycles. The van der Waals surface area contributed by atoms with Crippen LogP contribution in [0.5, 0.6) is 5.75 Å². The van der Waals surface area contributed by atoms with E-state index in [0.717, 1.165) is 27.5 Å². The molecule has 142 valence electrons. The second-order valence-corrected chi connectivity index (χ2v) is 7.97. The van der Waals surface area contributed by atoms with Crippen LogP contribution in [-0.2, 0) is 0 Å². The summed E-state index contributed by atoms with van der Waals surface area (Å²) in [6.07, 6.45) is 0. The molecule has 3 aromatic rings. The van der Waals surface area contributed by atoms with Gasteiger partial charge in [0, 0.05) is 0 Å². The molecule has 0 aliphatic rings. The molecule has 1 aromatic heterocycles. The number of methoxy groups -OCH3 is 1. The number of carbonyl (C=O) groups is 1. The van der Waals surface area contributed by atoms with E-state index in [0.29, 0.717) is 17.9 Å². The van der Waals surface area contributed by atoms with Gasteiger partial charge < -0.3 is 9.64 Å². The van der Waals surface area contributed by atoms with Gasteiger partial charge in [-0.2, -0.15) is 0 Å². The molecule has 0 spiro atoms. The Morgan fingerprint density at radius 2 is 1.93 bits per heavy atom. The van der Waals surface area contributed by atoms with Gasteiger partial charge in [0.15, 0.2) is 5.13 Å². The van der Waals surface area contributed by atoms with Crippen LogP contribution >= 0.6 is 11.3 Å². The summed E-state index contributed by atoms with van der Waals surface area (Å²) in [5.41, 5.74) is 3.91. The lowest BCUT2D eigenvalue weighted by Gasteiger charge is -2.21. The Hall–Kier alpha value is -2.44. The molecule has 5 nitrogen and oxygen atoms in total. The monoisotopic (exact) mass is 384 g/mol. The maximum absolute atomic E-state index is 13.4. The lowest BCUT2D eigenvalue weighted by molar-refractivity contribution is -0.856. The molecule has 0 bridgehead atoms. The quantitative estimate of drug-likeness (QED) is 0.711. The lowest BCUT2D eigenvalue weighted by atomic mass is 10.1. The number of anilines is 1. The summed E-state index contributed by atoms with van der Waals surface area (Å²) in [6.45, 7) is 5.59. The van der Waals surface area contributed by atoms with E-state index in [9.17, 15) is 4.79 Å². The first kappa shape index (κ1) is 19.3. The third-order valence-corrected chi connectivity index (χ3v) is 5.77. The molecule has 1 amide bonds. The van der Waals surface area contributed by atoms with E-state index in [1.807, 2.05) is 18.2 Å². The van der Waals surface area contributed by atoms with E-state index < -0.39 is 0 Å². The summed E-state index contributed by atoms with van der Waals surface area (Å²) < 4.78 is 6.50. The zero-order chi connectivity index (χ0) is 19.6. The van der Waals surface area contributed by atoms with E-state index in [4.69, 9.17) is 9.72 Å². The number of thiazole rings is 1. The first-order valence-corrected chi connectivity index (χ1v) is 9.84. The standard InChI is InChI=1S/C21H25N3O2S/c1-14-10-11-18-19(15(14)2)22-21(27-18)24(13-12-23(3)4)20(25)16-8-6-7-9-17(16)26-5/h6-11H,12-13H2,1-5H3/p+1. The van der Waals surface area contributed by atoms with Gasteiger partial charge in [-0.1, -0.05) is 29.5 Å². The molecule has 1 N–H and O–H groups in total. The van der Waals surface area contributed by atoms with Gasteiger partial charge in [0.25, 0.3) is 5.91 Å². The number of nitrogens with one attached hydrogen (secondary N) is 1. The molecule has 2 aromatic carbocycles. The van der Waals surface area contributed by atoms with Gasteiger partial charge in [-0.05, 0) is 43.2 Å². The lowest BCUT2D eigenvalue weighted by Crippen LogP contribution is -3.06. The molecule has 0 saturated carbocycles. The van der Waals surface area contributed by atoms with Gasteiger partial charge in [-0.15, -0.1) is 0 Å². The Bertz CT molecular complexity index is 965. The molecule has 3 rings (SSSR count). The number of para-hydroxylation sites is 1. The molecule has 0 aliphatic heterocycles. The minimum atomic E-state index is -0.0814. The fraction of sp³-hybridized carbons (Fsp3) is 0.333. The number of hydrogen-bond donors (Lipinski definition) is 1. The fourth-order valence-electron chi connectivity index (χ4n) is 2.92. The van der Waals surface area contributed by atoms with Crippen molar-refractivity contribution in [3.63, 3.8) is 0 Å². The van der Waals surface area contributed by atoms with Crippen LogP contribution in [0.4, 0.5) is 5.13 Å². The van der Waals surface area contributed by atoms with Crippen molar-refractivity contribution in [2.45, 2.75) is 13.8 Å². The van der Waals surface area contributed by atoms with E-state index >= 15 is 0 Å². The zero-order valence-corrected chi connectivity index (χ0v) is 17.3. The molecule has 27 heavy (non-hydrogen) atoms. The fourth-order valence-corrected chi connectivity index (χ4v) is 3.97. The number of carbonyl (C=O) groups excluding carboxylic acids is 1. The molecule has 0 radical (unpaired) electrons. The van der Waals surface area contributed by atoms with Crippen LogP contribution < -0.4 is 14.5 Å². The SMILES string of the molecule is COc1ccccc1C(=O)N(CC[NH+](C)C)c1nc2c(C)c(C)ccc2s1. The number of ether oxygens (including phenoxy) is 1. The van der Waals surface area contributed by atoms with Gasteiger partial charge in [-0.3, -0.25) is 9.69 Å². The molecule has 0 atom stereocenters. The average Bonchev–Trinajstić information content (AvgIpc) is 3.09. The highest BCUT2D eigenvalue weighted by Crippen LogP contribution is 2.33. The van der Waals surface area contributed by atoms with Crippen molar-refractivity contribution >= 4 is 32.6 Å². The Morgan fingerprint density at radius 1 is 1.19 bits per heavy atom. The van der Waals surface area contributed by atoms with Gasteiger partial charge in [-0.25, -0.2) is 4.98 Å². The van der Waals surface area contributed by atoms with E-state index in [1.54, 1.807) is 29.4 Å².